The van der Waals surface area contributed by atoms with Gasteiger partial charge in [0.15, 0.2) is 0 Å². The van der Waals surface area contributed by atoms with Crippen LogP contribution >= 0.6 is 0 Å². The van der Waals surface area contributed by atoms with Gasteiger partial charge in [-0.15, -0.1) is 5.10 Å². The van der Waals surface area contributed by atoms with Crippen LogP contribution in [-0.2, 0) is 22.6 Å². The number of benzene rings is 3. The van der Waals surface area contributed by atoms with Crippen LogP contribution in [0.3, 0.4) is 0 Å². The lowest BCUT2D eigenvalue weighted by Crippen LogP contribution is -2.35. The Morgan fingerprint density at radius 1 is 0.925 bits per heavy atom. The topological polar surface area (TPSA) is 149 Å². The van der Waals surface area contributed by atoms with Crippen LogP contribution in [0.2, 0.25) is 0 Å². The van der Waals surface area contributed by atoms with E-state index in [9.17, 15) is 24.0 Å². The molecule has 3 aromatic carbocycles. The number of nitrogens with one attached hydrogen (secondary N) is 4. The standard InChI is InChI=1S/C29H29FN6O4/c1-18(37)31-16-20-4-8-22(9-5-20)21-6-2-19(3-7-21)14-24(29(39)35-40)15-26(27-17-32-36-34-27)33-28(38)23-10-12-25(30)13-11-23/h2-13,17,24,26,40H,14-16H2,1H3,(H,31,37)(H,33,38)(H,35,39)(H,32,34,36)/t24-,26+/m0/s1. The smallest absolute Gasteiger partial charge is 0.251 e. The number of aromatic nitrogens is 3. The summed E-state index contributed by atoms with van der Waals surface area (Å²) in [4.78, 5) is 36.6. The zero-order chi connectivity index (χ0) is 28.5. The number of hydroxylamine groups is 1. The monoisotopic (exact) mass is 544 g/mol. The molecule has 0 unspecified atom stereocenters. The lowest BCUT2D eigenvalue weighted by atomic mass is 9.90. The molecule has 1 aromatic heterocycles. The summed E-state index contributed by atoms with van der Waals surface area (Å²) in [6, 6.07) is 19.9. The van der Waals surface area contributed by atoms with Crippen LogP contribution in [0, 0.1) is 11.7 Å². The molecule has 0 radical (unpaired) electrons. The zero-order valence-corrected chi connectivity index (χ0v) is 21.7. The third kappa shape index (κ3) is 7.58. The first-order valence-corrected chi connectivity index (χ1v) is 12.6. The van der Waals surface area contributed by atoms with Gasteiger partial charge in [-0.3, -0.25) is 24.7 Å². The molecule has 3 amide bonds. The summed E-state index contributed by atoms with van der Waals surface area (Å²) in [5.41, 5.74) is 6.19. The number of carbonyl (C=O) groups is 3. The molecule has 5 N–H and O–H groups in total. The van der Waals surface area contributed by atoms with Crippen molar-refractivity contribution in [3.63, 3.8) is 0 Å². The second kappa shape index (κ2) is 13.3. The molecule has 0 saturated heterocycles. The van der Waals surface area contributed by atoms with Crippen molar-refractivity contribution in [2.45, 2.75) is 32.4 Å². The second-order valence-corrected chi connectivity index (χ2v) is 9.35. The van der Waals surface area contributed by atoms with Gasteiger partial charge < -0.3 is 10.6 Å². The van der Waals surface area contributed by atoms with Crippen molar-refractivity contribution in [2.24, 2.45) is 5.92 Å². The SMILES string of the molecule is CC(=O)NCc1ccc(-c2ccc(C[C@@H](C[C@@H](NC(=O)c3ccc(F)cc3)c3c[nH]nn3)C(=O)NO)cc2)cc1. The lowest BCUT2D eigenvalue weighted by Gasteiger charge is -2.22. The predicted molar refractivity (Wildman–Crippen MR) is 144 cm³/mol. The zero-order valence-electron chi connectivity index (χ0n) is 21.7. The van der Waals surface area contributed by atoms with Crippen LogP contribution in [0.4, 0.5) is 4.39 Å². The summed E-state index contributed by atoms with van der Waals surface area (Å²) < 4.78 is 13.3. The molecule has 206 valence electrons. The van der Waals surface area contributed by atoms with Gasteiger partial charge in [0.05, 0.1) is 6.04 Å². The third-order valence-corrected chi connectivity index (χ3v) is 6.47. The van der Waals surface area contributed by atoms with Crippen molar-refractivity contribution in [1.82, 2.24) is 31.5 Å². The maximum absolute atomic E-state index is 13.3. The van der Waals surface area contributed by atoms with Crippen molar-refractivity contribution in [3.05, 3.63) is 107 Å². The van der Waals surface area contributed by atoms with Gasteiger partial charge in [-0.05, 0) is 59.4 Å². The first-order valence-electron chi connectivity index (χ1n) is 12.6. The van der Waals surface area contributed by atoms with Crippen LogP contribution < -0.4 is 16.1 Å². The number of rotatable bonds is 11. The number of hydrogen-bond donors (Lipinski definition) is 5. The minimum atomic E-state index is -0.723. The first-order chi connectivity index (χ1) is 19.3. The number of halogens is 1. The molecule has 4 rings (SSSR count). The predicted octanol–water partition coefficient (Wildman–Crippen LogP) is 3.47. The molecular weight excluding hydrogens is 515 g/mol. The van der Waals surface area contributed by atoms with Crippen molar-refractivity contribution >= 4 is 17.7 Å². The van der Waals surface area contributed by atoms with E-state index in [0.29, 0.717) is 12.2 Å². The molecule has 4 aromatic rings. The second-order valence-electron chi connectivity index (χ2n) is 9.35. The average molecular weight is 545 g/mol. The minimum Gasteiger partial charge on any atom is -0.352 e. The highest BCUT2D eigenvalue weighted by atomic mass is 19.1. The Bertz CT molecular complexity index is 1430. The number of nitrogens with zero attached hydrogens (tertiary/aromatic N) is 2. The summed E-state index contributed by atoms with van der Waals surface area (Å²) in [7, 11) is 0. The molecule has 10 nitrogen and oxygen atoms in total. The lowest BCUT2D eigenvalue weighted by molar-refractivity contribution is -0.133. The van der Waals surface area contributed by atoms with Gasteiger partial charge >= 0.3 is 0 Å². The molecule has 0 saturated carbocycles. The molecule has 2 atom stereocenters. The largest absolute Gasteiger partial charge is 0.352 e. The number of H-pyrrole nitrogens is 1. The Labute approximate surface area is 230 Å². The number of aromatic amines is 1. The Balaban J connectivity index is 1.47. The summed E-state index contributed by atoms with van der Waals surface area (Å²) >= 11 is 0. The van der Waals surface area contributed by atoms with Crippen LogP contribution in [-0.4, -0.2) is 38.3 Å². The summed E-state index contributed by atoms with van der Waals surface area (Å²) in [5.74, 6) is -2.35. The van der Waals surface area contributed by atoms with Gasteiger partial charge in [-0.2, -0.15) is 0 Å². The van der Waals surface area contributed by atoms with E-state index in [2.05, 4.69) is 26.0 Å². The van der Waals surface area contributed by atoms with Crippen molar-refractivity contribution in [1.29, 1.82) is 0 Å². The van der Waals surface area contributed by atoms with E-state index in [1.807, 2.05) is 48.5 Å². The highest BCUT2D eigenvalue weighted by Gasteiger charge is 2.27. The molecule has 0 spiro atoms. The summed E-state index contributed by atoms with van der Waals surface area (Å²) in [6.45, 7) is 1.94. The normalized spacial score (nSPS) is 12.3. The average Bonchev–Trinajstić information content (AvgIpc) is 3.51. The molecule has 0 bridgehead atoms. The number of carbonyl (C=O) groups excluding carboxylic acids is 3. The molecule has 0 aliphatic carbocycles. The Hall–Kier alpha value is -4.90. The van der Waals surface area contributed by atoms with Crippen molar-refractivity contribution < 1.29 is 24.0 Å². The number of amides is 3. The van der Waals surface area contributed by atoms with Gasteiger partial charge in [0.25, 0.3) is 5.91 Å². The molecule has 11 heteroatoms. The Morgan fingerprint density at radius 3 is 2.10 bits per heavy atom. The highest BCUT2D eigenvalue weighted by molar-refractivity contribution is 5.94. The van der Waals surface area contributed by atoms with Crippen LogP contribution in [0.5, 0.6) is 0 Å². The fraction of sp³-hybridized carbons (Fsp3) is 0.207. The maximum Gasteiger partial charge on any atom is 0.251 e. The molecular formula is C29H29FN6O4. The van der Waals surface area contributed by atoms with E-state index in [-0.39, 0.29) is 24.3 Å². The van der Waals surface area contributed by atoms with Crippen molar-refractivity contribution in [3.8, 4) is 11.1 Å². The van der Waals surface area contributed by atoms with Gasteiger partial charge in [-0.1, -0.05) is 53.7 Å². The van der Waals surface area contributed by atoms with Crippen molar-refractivity contribution in [2.75, 3.05) is 0 Å². The fourth-order valence-corrected chi connectivity index (χ4v) is 4.30. The van der Waals surface area contributed by atoms with E-state index in [4.69, 9.17) is 0 Å². The molecule has 0 aliphatic heterocycles. The molecule has 1 heterocycles. The van der Waals surface area contributed by atoms with E-state index in [1.54, 1.807) is 5.48 Å². The Morgan fingerprint density at radius 2 is 1.55 bits per heavy atom. The molecule has 0 fully saturated rings. The van der Waals surface area contributed by atoms with Crippen LogP contribution in [0.15, 0.2) is 79.0 Å². The highest BCUT2D eigenvalue weighted by Crippen LogP contribution is 2.26. The van der Waals surface area contributed by atoms with Gasteiger partial charge in [0.1, 0.15) is 11.5 Å². The molecule has 40 heavy (non-hydrogen) atoms. The van der Waals surface area contributed by atoms with E-state index >= 15 is 0 Å². The Kier molecular flexibility index (Phi) is 9.31. The van der Waals surface area contributed by atoms with Crippen LogP contribution in [0.25, 0.3) is 11.1 Å². The van der Waals surface area contributed by atoms with Gasteiger partial charge in [-0.25, -0.2) is 9.87 Å². The first kappa shape index (κ1) is 28.1. The van der Waals surface area contributed by atoms with Gasteiger partial charge in [0.2, 0.25) is 11.8 Å². The van der Waals surface area contributed by atoms with Crippen LogP contribution in [0.1, 0.15) is 46.6 Å². The molecule has 0 aliphatic rings. The van der Waals surface area contributed by atoms with E-state index in [1.165, 1.54) is 37.4 Å². The fourth-order valence-electron chi connectivity index (χ4n) is 4.30. The quantitative estimate of drug-likeness (QED) is 0.144. The maximum atomic E-state index is 13.3. The third-order valence-electron chi connectivity index (χ3n) is 6.47. The summed E-state index contributed by atoms with van der Waals surface area (Å²) in [6.07, 6.45) is 1.91. The van der Waals surface area contributed by atoms with E-state index in [0.717, 1.165) is 22.3 Å². The van der Waals surface area contributed by atoms with Gasteiger partial charge in [0, 0.05) is 31.1 Å². The number of hydrogen-bond acceptors (Lipinski definition) is 6. The van der Waals surface area contributed by atoms with E-state index < -0.39 is 29.6 Å². The summed E-state index contributed by atoms with van der Waals surface area (Å²) in [5, 5.41) is 25.3. The minimum absolute atomic E-state index is 0.0875.